The molecule has 3 aromatic rings. The Bertz CT molecular complexity index is 925. The van der Waals surface area contributed by atoms with Crippen molar-refractivity contribution >= 4 is 28.2 Å². The van der Waals surface area contributed by atoms with E-state index in [1.165, 1.54) is 11.3 Å². The van der Waals surface area contributed by atoms with Crippen LogP contribution < -0.4 is 24.8 Å². The van der Waals surface area contributed by atoms with Crippen molar-refractivity contribution in [3.05, 3.63) is 47.8 Å². The van der Waals surface area contributed by atoms with Crippen molar-refractivity contribution in [1.29, 1.82) is 0 Å². The van der Waals surface area contributed by atoms with Gasteiger partial charge in [-0.15, -0.1) is 11.3 Å². The fraction of sp³-hybridized carbons (Fsp3) is 0.158. The van der Waals surface area contributed by atoms with E-state index in [0.29, 0.717) is 28.0 Å². The summed E-state index contributed by atoms with van der Waals surface area (Å²) in [7, 11) is 4.79. The van der Waals surface area contributed by atoms with E-state index < -0.39 is 0 Å². The maximum Gasteiger partial charge on any atom is 0.325 e. The van der Waals surface area contributed by atoms with E-state index >= 15 is 0 Å². The number of carbonyl (C=O) groups excluding carboxylic acids is 1. The minimum absolute atomic E-state index is 0.376. The highest BCUT2D eigenvalue weighted by atomic mass is 32.1. The van der Waals surface area contributed by atoms with E-state index in [2.05, 4.69) is 15.6 Å². The minimum Gasteiger partial charge on any atom is -0.497 e. The number of hydrogen-bond donors (Lipinski definition) is 2. The van der Waals surface area contributed by atoms with Crippen LogP contribution in [0.4, 0.5) is 15.6 Å². The number of ether oxygens (including phenoxy) is 3. The van der Waals surface area contributed by atoms with Crippen LogP contribution in [0.3, 0.4) is 0 Å². The van der Waals surface area contributed by atoms with Gasteiger partial charge in [-0.1, -0.05) is 0 Å². The van der Waals surface area contributed by atoms with Gasteiger partial charge in [-0.05, 0) is 42.5 Å². The Balaban J connectivity index is 1.71. The molecule has 140 valence electrons. The third-order valence-corrected chi connectivity index (χ3v) is 4.51. The number of nitrogens with zero attached hydrogens (tertiary/aromatic N) is 1. The molecular weight excluding hydrogens is 366 g/mol. The molecule has 0 aliphatic carbocycles. The first-order chi connectivity index (χ1) is 13.1. The van der Waals surface area contributed by atoms with E-state index in [1.54, 1.807) is 45.6 Å². The number of methoxy groups -OCH3 is 3. The summed E-state index contributed by atoms with van der Waals surface area (Å²) in [6, 6.07) is 12.2. The molecule has 0 saturated carbocycles. The molecule has 0 spiro atoms. The Morgan fingerprint density at radius 2 is 1.63 bits per heavy atom. The summed E-state index contributed by atoms with van der Waals surface area (Å²) in [5, 5.41) is 7.80. The maximum atomic E-state index is 12.2. The molecule has 0 atom stereocenters. The predicted molar refractivity (Wildman–Crippen MR) is 106 cm³/mol. The molecular formula is C19H19N3O4S. The summed E-state index contributed by atoms with van der Waals surface area (Å²) >= 11 is 1.32. The van der Waals surface area contributed by atoms with E-state index in [9.17, 15) is 4.79 Å². The number of thiazole rings is 1. The summed E-state index contributed by atoms with van der Waals surface area (Å²) in [5.74, 6) is 2.10. The van der Waals surface area contributed by atoms with Gasteiger partial charge in [0.1, 0.15) is 17.2 Å². The number of aromatic nitrogens is 1. The topological polar surface area (TPSA) is 81.7 Å². The Hall–Kier alpha value is -3.26. The van der Waals surface area contributed by atoms with Gasteiger partial charge in [0, 0.05) is 16.6 Å². The number of amides is 2. The molecule has 2 amide bonds. The number of carbonyl (C=O) groups is 1. The quantitative estimate of drug-likeness (QED) is 0.654. The first-order valence-electron chi connectivity index (χ1n) is 8.03. The molecule has 2 aromatic carbocycles. The van der Waals surface area contributed by atoms with Gasteiger partial charge in [0.25, 0.3) is 0 Å². The summed E-state index contributed by atoms with van der Waals surface area (Å²) in [6.07, 6.45) is 0. The first kappa shape index (κ1) is 18.5. The molecule has 2 N–H and O–H groups in total. The lowest BCUT2D eigenvalue weighted by Gasteiger charge is -2.08. The monoisotopic (exact) mass is 385 g/mol. The summed E-state index contributed by atoms with van der Waals surface area (Å²) in [4.78, 5) is 16.6. The summed E-state index contributed by atoms with van der Waals surface area (Å²) in [6.45, 7) is 0. The third-order valence-electron chi connectivity index (χ3n) is 3.76. The van der Waals surface area contributed by atoms with Crippen LogP contribution in [0.5, 0.6) is 17.2 Å². The molecule has 7 nitrogen and oxygen atoms in total. The lowest BCUT2D eigenvalue weighted by Crippen LogP contribution is -2.19. The van der Waals surface area contributed by atoms with Crippen LogP contribution in [0.15, 0.2) is 47.8 Å². The SMILES string of the molecule is COc1ccc(NC(=O)Nc2nc(-c3cc(OC)ccc3OC)cs2)cc1. The van der Waals surface area contributed by atoms with Crippen LogP contribution in [-0.4, -0.2) is 32.3 Å². The fourth-order valence-corrected chi connectivity index (χ4v) is 3.11. The number of hydrogen-bond acceptors (Lipinski definition) is 6. The van der Waals surface area contributed by atoms with Crippen LogP contribution >= 0.6 is 11.3 Å². The lowest BCUT2D eigenvalue weighted by molar-refractivity contribution is 0.262. The highest BCUT2D eigenvalue weighted by Gasteiger charge is 2.13. The van der Waals surface area contributed by atoms with Crippen molar-refractivity contribution in [3.8, 4) is 28.5 Å². The van der Waals surface area contributed by atoms with E-state index in [4.69, 9.17) is 14.2 Å². The second kappa shape index (κ2) is 8.41. The normalized spacial score (nSPS) is 10.2. The van der Waals surface area contributed by atoms with Crippen molar-refractivity contribution in [2.45, 2.75) is 0 Å². The number of benzene rings is 2. The predicted octanol–water partition coefficient (Wildman–Crippen LogP) is 4.48. The van der Waals surface area contributed by atoms with Gasteiger partial charge >= 0.3 is 6.03 Å². The number of rotatable bonds is 6. The first-order valence-corrected chi connectivity index (χ1v) is 8.91. The van der Waals surface area contributed by atoms with Gasteiger partial charge in [0.15, 0.2) is 5.13 Å². The molecule has 0 aliphatic heterocycles. The van der Waals surface area contributed by atoms with Gasteiger partial charge in [0.2, 0.25) is 0 Å². The van der Waals surface area contributed by atoms with Gasteiger partial charge in [-0.3, -0.25) is 5.32 Å². The fourth-order valence-electron chi connectivity index (χ4n) is 2.40. The average molecular weight is 385 g/mol. The lowest BCUT2D eigenvalue weighted by atomic mass is 10.1. The second-order valence-electron chi connectivity index (χ2n) is 5.41. The number of anilines is 2. The van der Waals surface area contributed by atoms with E-state index in [0.717, 1.165) is 11.3 Å². The largest absolute Gasteiger partial charge is 0.497 e. The second-order valence-corrected chi connectivity index (χ2v) is 6.27. The van der Waals surface area contributed by atoms with Crippen molar-refractivity contribution in [2.24, 2.45) is 0 Å². The Morgan fingerprint density at radius 1 is 0.926 bits per heavy atom. The van der Waals surface area contributed by atoms with Crippen molar-refractivity contribution in [1.82, 2.24) is 4.98 Å². The van der Waals surface area contributed by atoms with Crippen LogP contribution in [-0.2, 0) is 0 Å². The third kappa shape index (κ3) is 4.48. The smallest absolute Gasteiger partial charge is 0.325 e. The van der Waals surface area contributed by atoms with Crippen LogP contribution in [0.2, 0.25) is 0 Å². The molecule has 0 unspecified atom stereocenters. The molecule has 1 aromatic heterocycles. The highest BCUT2D eigenvalue weighted by Crippen LogP contribution is 2.35. The standard InChI is InChI=1S/C19H19N3O4S/c1-24-13-6-4-12(5-7-13)20-18(23)22-19-21-16(11-27-19)15-10-14(25-2)8-9-17(15)26-3/h4-11H,1-3H3,(H2,20,21,22,23). The summed E-state index contributed by atoms with van der Waals surface area (Å²) in [5.41, 5.74) is 2.13. The Labute approximate surface area is 160 Å². The van der Waals surface area contributed by atoms with Crippen molar-refractivity contribution < 1.29 is 19.0 Å². The molecule has 0 radical (unpaired) electrons. The van der Waals surface area contributed by atoms with Gasteiger partial charge in [-0.25, -0.2) is 9.78 Å². The molecule has 0 bridgehead atoms. The molecule has 1 heterocycles. The zero-order valence-corrected chi connectivity index (χ0v) is 15.9. The number of urea groups is 1. The molecule has 0 aliphatic rings. The zero-order chi connectivity index (χ0) is 19.2. The Kier molecular flexibility index (Phi) is 5.77. The van der Waals surface area contributed by atoms with Crippen molar-refractivity contribution in [3.63, 3.8) is 0 Å². The summed E-state index contributed by atoms with van der Waals surface area (Å²) < 4.78 is 15.7. The minimum atomic E-state index is -0.376. The molecule has 3 rings (SSSR count). The molecule has 0 fully saturated rings. The zero-order valence-electron chi connectivity index (χ0n) is 15.1. The molecule has 0 saturated heterocycles. The Morgan fingerprint density at radius 3 is 2.30 bits per heavy atom. The van der Waals surface area contributed by atoms with E-state index in [-0.39, 0.29) is 6.03 Å². The van der Waals surface area contributed by atoms with Gasteiger partial charge in [0.05, 0.1) is 27.0 Å². The molecule has 8 heteroatoms. The van der Waals surface area contributed by atoms with Gasteiger partial charge in [-0.2, -0.15) is 0 Å². The van der Waals surface area contributed by atoms with E-state index in [1.807, 2.05) is 23.6 Å². The van der Waals surface area contributed by atoms with Crippen molar-refractivity contribution in [2.75, 3.05) is 32.0 Å². The van der Waals surface area contributed by atoms with Gasteiger partial charge < -0.3 is 19.5 Å². The maximum absolute atomic E-state index is 12.2. The average Bonchev–Trinajstić information content (AvgIpc) is 3.16. The van der Waals surface area contributed by atoms with Crippen LogP contribution in [0.1, 0.15) is 0 Å². The number of nitrogens with one attached hydrogen (secondary N) is 2. The van der Waals surface area contributed by atoms with Crippen LogP contribution in [0, 0.1) is 0 Å². The highest BCUT2D eigenvalue weighted by molar-refractivity contribution is 7.14. The molecule has 27 heavy (non-hydrogen) atoms. The van der Waals surface area contributed by atoms with Crippen LogP contribution in [0.25, 0.3) is 11.3 Å².